The van der Waals surface area contributed by atoms with Gasteiger partial charge >= 0.3 is 0 Å². The summed E-state index contributed by atoms with van der Waals surface area (Å²) in [6.45, 7) is 2.89. The number of carbonyl (C=O) groups excluding carboxylic acids is 1. The number of aryl methyl sites for hydroxylation is 2. The topological polar surface area (TPSA) is 46.9 Å². The van der Waals surface area contributed by atoms with Gasteiger partial charge in [-0.1, -0.05) is 41.9 Å². The van der Waals surface area contributed by atoms with Crippen molar-refractivity contribution in [1.29, 1.82) is 0 Å². The van der Waals surface area contributed by atoms with Crippen LogP contribution in [0.3, 0.4) is 0 Å². The number of allylic oxidation sites excluding steroid dienone is 1. The highest BCUT2D eigenvalue weighted by molar-refractivity contribution is 6.30. The molecular formula is C16H18ClN3O. The number of rotatable bonds is 6. The van der Waals surface area contributed by atoms with Crippen molar-refractivity contribution >= 4 is 17.5 Å². The quantitative estimate of drug-likeness (QED) is 0.834. The zero-order valence-corrected chi connectivity index (χ0v) is 12.7. The number of nitrogens with one attached hydrogen (secondary N) is 1. The molecular weight excluding hydrogens is 286 g/mol. The average Bonchev–Trinajstić information content (AvgIpc) is 2.91. The standard InChI is InChI=1S/C16H18ClN3O/c1-13(17)11-16(21)19-12-15-18-8-10-20(15)9-7-14-5-3-2-4-6-14/h2-6,8,10-11H,7,9,12H2,1H3,(H,19,21). The molecule has 1 N–H and O–H groups in total. The van der Waals surface area contributed by atoms with E-state index < -0.39 is 0 Å². The zero-order valence-electron chi connectivity index (χ0n) is 11.9. The van der Waals surface area contributed by atoms with Gasteiger partial charge in [0.15, 0.2) is 0 Å². The Hall–Kier alpha value is -2.07. The molecule has 110 valence electrons. The third-order valence-corrected chi connectivity index (χ3v) is 3.15. The van der Waals surface area contributed by atoms with Crippen molar-refractivity contribution in [2.45, 2.75) is 26.4 Å². The fourth-order valence-electron chi connectivity index (χ4n) is 2.00. The molecule has 0 aliphatic carbocycles. The molecule has 0 radical (unpaired) electrons. The molecule has 0 fully saturated rings. The minimum Gasteiger partial charge on any atom is -0.345 e. The number of hydrogen-bond donors (Lipinski definition) is 1. The van der Waals surface area contributed by atoms with Crippen molar-refractivity contribution in [3.05, 3.63) is 65.2 Å². The van der Waals surface area contributed by atoms with E-state index in [1.807, 2.05) is 29.0 Å². The lowest BCUT2D eigenvalue weighted by atomic mass is 10.1. The maximum atomic E-state index is 11.5. The van der Waals surface area contributed by atoms with E-state index in [0.29, 0.717) is 11.6 Å². The first-order valence-electron chi connectivity index (χ1n) is 6.80. The highest BCUT2D eigenvalue weighted by atomic mass is 35.5. The van der Waals surface area contributed by atoms with Gasteiger partial charge in [-0.05, 0) is 18.9 Å². The highest BCUT2D eigenvalue weighted by Gasteiger charge is 2.04. The maximum absolute atomic E-state index is 11.5. The van der Waals surface area contributed by atoms with Crippen molar-refractivity contribution in [2.75, 3.05) is 0 Å². The van der Waals surface area contributed by atoms with Crippen LogP contribution in [0.1, 0.15) is 18.3 Å². The smallest absolute Gasteiger partial charge is 0.245 e. The predicted molar refractivity (Wildman–Crippen MR) is 83.8 cm³/mol. The van der Waals surface area contributed by atoms with Crippen LogP contribution in [0.2, 0.25) is 0 Å². The molecule has 1 heterocycles. The van der Waals surface area contributed by atoms with Crippen LogP contribution < -0.4 is 5.32 Å². The molecule has 1 aromatic carbocycles. The first-order chi connectivity index (χ1) is 10.1. The van der Waals surface area contributed by atoms with E-state index in [-0.39, 0.29) is 5.91 Å². The van der Waals surface area contributed by atoms with Gasteiger partial charge in [-0.2, -0.15) is 0 Å². The van der Waals surface area contributed by atoms with E-state index in [4.69, 9.17) is 11.6 Å². The number of hydrogen-bond acceptors (Lipinski definition) is 2. The second kappa shape index (κ2) is 7.64. The zero-order chi connectivity index (χ0) is 15.1. The summed E-state index contributed by atoms with van der Waals surface area (Å²) >= 11 is 5.66. The minimum absolute atomic E-state index is 0.208. The van der Waals surface area contributed by atoms with Gasteiger partial charge in [0, 0.05) is 30.0 Å². The second-order valence-corrected chi connectivity index (χ2v) is 5.32. The molecule has 0 aliphatic rings. The highest BCUT2D eigenvalue weighted by Crippen LogP contribution is 2.04. The van der Waals surface area contributed by atoms with E-state index in [1.165, 1.54) is 11.6 Å². The first kappa shape index (κ1) is 15.3. The summed E-state index contributed by atoms with van der Waals surface area (Å²) < 4.78 is 2.05. The number of nitrogens with zero attached hydrogens (tertiary/aromatic N) is 2. The molecule has 0 atom stereocenters. The fourth-order valence-corrected chi connectivity index (χ4v) is 2.10. The van der Waals surface area contributed by atoms with Gasteiger partial charge in [-0.25, -0.2) is 4.98 Å². The Morgan fingerprint density at radius 2 is 2.14 bits per heavy atom. The lowest BCUT2D eigenvalue weighted by Gasteiger charge is -2.08. The van der Waals surface area contributed by atoms with Gasteiger partial charge in [0.1, 0.15) is 5.82 Å². The Morgan fingerprint density at radius 3 is 2.86 bits per heavy atom. The molecule has 1 amide bonds. The molecule has 0 spiro atoms. The molecule has 1 aromatic heterocycles. The van der Waals surface area contributed by atoms with Crippen molar-refractivity contribution in [3.8, 4) is 0 Å². The van der Waals surface area contributed by atoms with E-state index >= 15 is 0 Å². The van der Waals surface area contributed by atoms with Gasteiger partial charge in [-0.15, -0.1) is 0 Å². The number of amides is 1. The number of carbonyl (C=O) groups is 1. The number of halogens is 1. The van der Waals surface area contributed by atoms with Gasteiger partial charge in [0.05, 0.1) is 6.54 Å². The Labute approximate surface area is 129 Å². The van der Waals surface area contributed by atoms with Gasteiger partial charge in [0.25, 0.3) is 0 Å². The van der Waals surface area contributed by atoms with E-state index in [1.54, 1.807) is 13.1 Å². The molecule has 5 heteroatoms. The molecule has 21 heavy (non-hydrogen) atoms. The minimum atomic E-state index is -0.208. The second-order valence-electron chi connectivity index (χ2n) is 4.72. The predicted octanol–water partition coefficient (Wildman–Crippen LogP) is 2.88. The van der Waals surface area contributed by atoms with E-state index in [9.17, 15) is 4.79 Å². The Kier molecular flexibility index (Phi) is 5.58. The third kappa shape index (κ3) is 5.08. The normalized spacial score (nSPS) is 11.4. The Morgan fingerprint density at radius 1 is 1.38 bits per heavy atom. The fraction of sp³-hybridized carbons (Fsp3) is 0.250. The van der Waals surface area contributed by atoms with E-state index in [2.05, 4.69) is 22.4 Å². The molecule has 0 unspecified atom stereocenters. The monoisotopic (exact) mass is 303 g/mol. The number of imidazole rings is 1. The van der Waals surface area contributed by atoms with Gasteiger partial charge in [-0.3, -0.25) is 4.79 Å². The SMILES string of the molecule is CC(Cl)=CC(=O)NCc1nccn1CCc1ccccc1. The van der Waals surface area contributed by atoms with Crippen LogP contribution in [0.4, 0.5) is 0 Å². The maximum Gasteiger partial charge on any atom is 0.245 e. The summed E-state index contributed by atoms with van der Waals surface area (Å²) in [6.07, 6.45) is 5.96. The summed E-state index contributed by atoms with van der Waals surface area (Å²) in [6, 6.07) is 10.3. The Bertz CT molecular complexity index is 615. The van der Waals surface area contributed by atoms with Crippen molar-refractivity contribution in [2.24, 2.45) is 0 Å². The van der Waals surface area contributed by atoms with Crippen LogP contribution in [0.15, 0.2) is 53.8 Å². The summed E-state index contributed by atoms with van der Waals surface area (Å²) in [7, 11) is 0. The van der Waals surface area contributed by atoms with Crippen LogP contribution >= 0.6 is 11.6 Å². The number of aromatic nitrogens is 2. The first-order valence-corrected chi connectivity index (χ1v) is 7.18. The van der Waals surface area contributed by atoms with Crippen molar-refractivity contribution in [3.63, 3.8) is 0 Å². The molecule has 0 saturated heterocycles. The Balaban J connectivity index is 1.90. The molecule has 0 saturated carbocycles. The largest absolute Gasteiger partial charge is 0.345 e. The average molecular weight is 304 g/mol. The van der Waals surface area contributed by atoms with Crippen LogP contribution in [0.25, 0.3) is 0 Å². The summed E-state index contributed by atoms with van der Waals surface area (Å²) in [5, 5.41) is 3.23. The van der Waals surface area contributed by atoms with E-state index in [0.717, 1.165) is 18.8 Å². The third-order valence-electron chi connectivity index (χ3n) is 3.04. The molecule has 4 nitrogen and oxygen atoms in total. The summed E-state index contributed by atoms with van der Waals surface area (Å²) in [5.41, 5.74) is 1.28. The molecule has 2 rings (SSSR count). The summed E-state index contributed by atoms with van der Waals surface area (Å²) in [4.78, 5) is 15.8. The van der Waals surface area contributed by atoms with Crippen LogP contribution in [0, 0.1) is 0 Å². The van der Waals surface area contributed by atoms with Crippen molar-refractivity contribution < 1.29 is 4.79 Å². The van der Waals surface area contributed by atoms with Crippen LogP contribution in [0.5, 0.6) is 0 Å². The molecule has 0 bridgehead atoms. The molecule has 2 aromatic rings. The number of benzene rings is 1. The van der Waals surface area contributed by atoms with Crippen molar-refractivity contribution in [1.82, 2.24) is 14.9 Å². The van der Waals surface area contributed by atoms with Crippen LogP contribution in [-0.2, 0) is 24.3 Å². The summed E-state index contributed by atoms with van der Waals surface area (Å²) in [5.74, 6) is 0.625. The van der Waals surface area contributed by atoms with Crippen LogP contribution in [-0.4, -0.2) is 15.5 Å². The lowest BCUT2D eigenvalue weighted by molar-refractivity contribution is -0.116. The van der Waals surface area contributed by atoms with Gasteiger partial charge in [0.2, 0.25) is 5.91 Å². The lowest BCUT2D eigenvalue weighted by Crippen LogP contribution is -2.23. The van der Waals surface area contributed by atoms with Gasteiger partial charge < -0.3 is 9.88 Å². The molecule has 0 aliphatic heterocycles.